The highest BCUT2D eigenvalue weighted by Crippen LogP contribution is 2.66. The van der Waals surface area contributed by atoms with E-state index >= 15 is 0 Å². The van der Waals surface area contributed by atoms with Gasteiger partial charge in [0.1, 0.15) is 13.1 Å². The standard InChI is InChI=1S/C21H34NO/c1-20(2)18-11-12-21(20,3)19(15-18)23-14-13-22(4,5)16-17-9-7-6-8-10-17/h6-10,18-19H,11-16H2,1-5H3/q+1/t18-,19+,21+/m0/s1. The average Bonchev–Trinajstić information content (AvgIpc) is 2.81. The van der Waals surface area contributed by atoms with Gasteiger partial charge in [-0.05, 0) is 36.0 Å². The maximum absolute atomic E-state index is 6.43. The number of nitrogens with zero attached hydrogens (tertiary/aromatic N) is 1. The molecular weight excluding hydrogens is 282 g/mol. The zero-order valence-corrected chi connectivity index (χ0v) is 15.6. The molecule has 128 valence electrons. The zero-order chi connectivity index (χ0) is 16.7. The van der Waals surface area contributed by atoms with Crippen molar-refractivity contribution in [1.29, 1.82) is 0 Å². The van der Waals surface area contributed by atoms with Crippen LogP contribution in [0.25, 0.3) is 0 Å². The molecule has 0 aromatic heterocycles. The summed E-state index contributed by atoms with van der Waals surface area (Å²) in [5, 5.41) is 0. The molecular formula is C21H34NO+. The van der Waals surface area contributed by atoms with E-state index in [0.29, 0.717) is 16.9 Å². The van der Waals surface area contributed by atoms with Crippen LogP contribution >= 0.6 is 0 Å². The van der Waals surface area contributed by atoms with Crippen LogP contribution in [0.3, 0.4) is 0 Å². The molecule has 0 radical (unpaired) electrons. The molecule has 3 rings (SSSR count). The third kappa shape index (κ3) is 3.08. The van der Waals surface area contributed by atoms with Crippen molar-refractivity contribution in [2.75, 3.05) is 27.2 Å². The van der Waals surface area contributed by atoms with E-state index in [1.54, 1.807) is 0 Å². The van der Waals surface area contributed by atoms with Gasteiger partial charge in [-0.25, -0.2) is 0 Å². The molecule has 2 saturated carbocycles. The fourth-order valence-electron chi connectivity index (χ4n) is 4.98. The highest BCUT2D eigenvalue weighted by molar-refractivity contribution is 5.13. The first-order valence-electron chi connectivity index (χ1n) is 9.22. The van der Waals surface area contributed by atoms with Crippen molar-refractivity contribution < 1.29 is 9.22 Å². The molecule has 0 unspecified atom stereocenters. The van der Waals surface area contributed by atoms with Gasteiger partial charge < -0.3 is 9.22 Å². The number of fused-ring (bicyclic) bond motifs is 2. The summed E-state index contributed by atoms with van der Waals surface area (Å²) >= 11 is 0. The summed E-state index contributed by atoms with van der Waals surface area (Å²) in [5.41, 5.74) is 2.24. The number of ether oxygens (including phenoxy) is 1. The number of quaternary nitrogens is 1. The van der Waals surface area contributed by atoms with Crippen molar-refractivity contribution in [2.45, 2.75) is 52.7 Å². The summed E-state index contributed by atoms with van der Waals surface area (Å²) in [4.78, 5) is 0. The van der Waals surface area contributed by atoms with Gasteiger partial charge in [0.2, 0.25) is 0 Å². The van der Waals surface area contributed by atoms with Crippen molar-refractivity contribution in [3.8, 4) is 0 Å². The molecule has 3 atom stereocenters. The van der Waals surface area contributed by atoms with Crippen LogP contribution in [0, 0.1) is 16.7 Å². The lowest BCUT2D eigenvalue weighted by Gasteiger charge is -2.39. The largest absolute Gasteiger partial charge is 0.372 e. The van der Waals surface area contributed by atoms with Crippen LogP contribution in [0.1, 0.15) is 45.6 Å². The summed E-state index contributed by atoms with van der Waals surface area (Å²) in [7, 11) is 4.62. The molecule has 2 aliphatic rings. The van der Waals surface area contributed by atoms with Gasteiger partial charge >= 0.3 is 0 Å². The van der Waals surface area contributed by atoms with E-state index in [-0.39, 0.29) is 0 Å². The second kappa shape index (κ2) is 5.89. The maximum Gasteiger partial charge on any atom is 0.104 e. The molecule has 23 heavy (non-hydrogen) atoms. The van der Waals surface area contributed by atoms with E-state index in [2.05, 4.69) is 65.2 Å². The Labute approximate surface area is 142 Å². The quantitative estimate of drug-likeness (QED) is 0.702. The first-order chi connectivity index (χ1) is 10.7. The zero-order valence-electron chi connectivity index (χ0n) is 15.6. The third-order valence-corrected chi connectivity index (χ3v) is 7.18. The first kappa shape index (κ1) is 17.0. The lowest BCUT2D eigenvalue weighted by molar-refractivity contribution is -0.904. The number of rotatable bonds is 6. The van der Waals surface area contributed by atoms with Crippen molar-refractivity contribution in [1.82, 2.24) is 0 Å². The Bertz CT molecular complexity index is 536. The minimum atomic E-state index is 0.383. The van der Waals surface area contributed by atoms with E-state index < -0.39 is 0 Å². The number of hydrogen-bond donors (Lipinski definition) is 0. The monoisotopic (exact) mass is 316 g/mol. The minimum Gasteiger partial charge on any atom is -0.372 e. The summed E-state index contributed by atoms with van der Waals surface area (Å²) in [6, 6.07) is 10.8. The molecule has 0 spiro atoms. The molecule has 0 aliphatic heterocycles. The van der Waals surface area contributed by atoms with Crippen LogP contribution in [-0.4, -0.2) is 37.8 Å². The molecule has 2 heteroatoms. The van der Waals surface area contributed by atoms with Crippen LogP contribution < -0.4 is 0 Å². The maximum atomic E-state index is 6.43. The third-order valence-electron chi connectivity index (χ3n) is 7.18. The van der Waals surface area contributed by atoms with Gasteiger partial charge in [-0.15, -0.1) is 0 Å². The van der Waals surface area contributed by atoms with Crippen LogP contribution in [0.5, 0.6) is 0 Å². The fraction of sp³-hybridized carbons (Fsp3) is 0.714. The number of likely N-dealkylation sites (N-methyl/N-ethyl adjacent to an activating group) is 1. The fourth-order valence-corrected chi connectivity index (χ4v) is 4.98. The molecule has 2 aliphatic carbocycles. The van der Waals surface area contributed by atoms with Crippen LogP contribution in [0.2, 0.25) is 0 Å². The topological polar surface area (TPSA) is 9.23 Å². The Morgan fingerprint density at radius 2 is 1.83 bits per heavy atom. The molecule has 0 amide bonds. The van der Waals surface area contributed by atoms with Gasteiger partial charge in [0, 0.05) is 5.56 Å². The Balaban J connectivity index is 1.52. The summed E-state index contributed by atoms with van der Waals surface area (Å²) in [5.74, 6) is 0.865. The number of hydrogen-bond acceptors (Lipinski definition) is 1. The smallest absolute Gasteiger partial charge is 0.104 e. The van der Waals surface area contributed by atoms with Crippen LogP contribution in [-0.2, 0) is 11.3 Å². The summed E-state index contributed by atoms with van der Waals surface area (Å²) in [6.07, 6.45) is 4.49. The van der Waals surface area contributed by atoms with Crippen molar-refractivity contribution >= 4 is 0 Å². The number of benzene rings is 1. The predicted octanol–water partition coefficient (Wildman–Crippen LogP) is 4.49. The van der Waals surface area contributed by atoms with Gasteiger partial charge in [0.05, 0.1) is 26.8 Å². The predicted molar refractivity (Wildman–Crippen MR) is 96.1 cm³/mol. The molecule has 0 saturated heterocycles. The minimum absolute atomic E-state index is 0.383. The Morgan fingerprint density at radius 1 is 1.13 bits per heavy atom. The van der Waals surface area contributed by atoms with Gasteiger partial charge in [-0.2, -0.15) is 0 Å². The molecule has 1 aromatic carbocycles. The molecule has 0 N–H and O–H groups in total. The van der Waals surface area contributed by atoms with Crippen molar-refractivity contribution in [2.24, 2.45) is 16.7 Å². The van der Waals surface area contributed by atoms with Gasteiger partial charge in [-0.1, -0.05) is 51.1 Å². The molecule has 2 bridgehead atoms. The van der Waals surface area contributed by atoms with Crippen LogP contribution in [0.4, 0.5) is 0 Å². The van der Waals surface area contributed by atoms with Gasteiger partial charge in [0.15, 0.2) is 0 Å². The van der Waals surface area contributed by atoms with E-state index in [0.717, 1.165) is 30.1 Å². The van der Waals surface area contributed by atoms with E-state index in [1.807, 2.05) is 0 Å². The second-order valence-electron chi connectivity index (χ2n) is 9.27. The molecule has 2 fully saturated rings. The lowest BCUT2D eigenvalue weighted by atomic mass is 9.70. The van der Waals surface area contributed by atoms with E-state index in [4.69, 9.17) is 4.74 Å². The van der Waals surface area contributed by atoms with Crippen molar-refractivity contribution in [3.05, 3.63) is 35.9 Å². The SMILES string of the molecule is CC1(C)[C@H]2CC[C@]1(C)[C@H](OCC[N+](C)(C)Cc1ccccc1)C2. The molecule has 0 heterocycles. The molecule has 1 aromatic rings. The Morgan fingerprint density at radius 3 is 2.39 bits per heavy atom. The summed E-state index contributed by atoms with van der Waals surface area (Å²) in [6.45, 7) is 10.4. The van der Waals surface area contributed by atoms with E-state index in [9.17, 15) is 0 Å². The van der Waals surface area contributed by atoms with Gasteiger partial charge in [-0.3, -0.25) is 0 Å². The lowest BCUT2D eigenvalue weighted by Crippen LogP contribution is -2.43. The Hall–Kier alpha value is -0.860. The Kier molecular flexibility index (Phi) is 4.35. The summed E-state index contributed by atoms with van der Waals surface area (Å²) < 4.78 is 7.42. The highest BCUT2D eigenvalue weighted by Gasteiger charge is 2.61. The van der Waals surface area contributed by atoms with Crippen LogP contribution in [0.15, 0.2) is 30.3 Å². The molecule has 2 nitrogen and oxygen atoms in total. The van der Waals surface area contributed by atoms with Crippen molar-refractivity contribution in [3.63, 3.8) is 0 Å². The van der Waals surface area contributed by atoms with Gasteiger partial charge in [0.25, 0.3) is 0 Å². The average molecular weight is 317 g/mol. The first-order valence-corrected chi connectivity index (χ1v) is 9.22. The normalized spacial score (nSPS) is 32.4. The highest BCUT2D eigenvalue weighted by atomic mass is 16.5. The van der Waals surface area contributed by atoms with E-state index in [1.165, 1.54) is 24.8 Å². The second-order valence-corrected chi connectivity index (χ2v) is 9.27.